The molecule has 2 N–H and O–H groups in total. The number of amides is 2. The van der Waals surface area contributed by atoms with E-state index in [1.807, 2.05) is 18.7 Å². The van der Waals surface area contributed by atoms with E-state index in [4.69, 9.17) is 4.74 Å². The molecule has 1 atom stereocenters. The summed E-state index contributed by atoms with van der Waals surface area (Å²) in [7, 11) is 0. The van der Waals surface area contributed by atoms with Crippen molar-refractivity contribution in [1.82, 2.24) is 29.7 Å². The molecule has 3 aromatic rings. The molecule has 0 radical (unpaired) electrons. The highest BCUT2D eigenvalue weighted by Crippen LogP contribution is 2.25. The SMILES string of the molecule is Cc1nc(C(=O)N2CCN([C@@H](C)C(=O)Nc3cnc(Oc4ccc(F)cc4F)cn3)CC2(C)C)c[nH]c1=O. The fourth-order valence-corrected chi connectivity index (χ4v) is 4.15. The number of anilines is 1. The van der Waals surface area contributed by atoms with Crippen LogP contribution in [0.3, 0.4) is 0 Å². The molecule has 4 rings (SSSR count). The standard InChI is InChI=1S/C25H27F2N7O4/c1-14-22(35)30-10-18(31-14)24(37)34-8-7-33(13-25(34,3)4)15(2)23(36)32-20-11-29-21(12-28-20)38-19-6-5-16(26)9-17(19)27/h5-6,9-12,15H,7-8,13H2,1-4H3,(H,30,35)(H,28,32,36)/t15-/m0/s1. The fourth-order valence-electron chi connectivity index (χ4n) is 4.15. The van der Waals surface area contributed by atoms with Crippen molar-refractivity contribution in [3.63, 3.8) is 0 Å². The molecule has 13 heteroatoms. The van der Waals surface area contributed by atoms with Gasteiger partial charge in [0.15, 0.2) is 17.4 Å². The van der Waals surface area contributed by atoms with Crippen LogP contribution in [0.5, 0.6) is 11.6 Å². The molecule has 38 heavy (non-hydrogen) atoms. The average molecular weight is 528 g/mol. The van der Waals surface area contributed by atoms with E-state index in [2.05, 4.69) is 25.3 Å². The highest BCUT2D eigenvalue weighted by atomic mass is 19.1. The topological polar surface area (TPSA) is 133 Å². The fraction of sp³-hybridized carbons (Fsp3) is 0.360. The van der Waals surface area contributed by atoms with Gasteiger partial charge in [-0.2, -0.15) is 0 Å². The predicted octanol–water partition coefficient (Wildman–Crippen LogP) is 2.50. The number of halogens is 2. The van der Waals surface area contributed by atoms with Crippen LogP contribution in [0.25, 0.3) is 0 Å². The molecule has 0 bridgehead atoms. The Balaban J connectivity index is 1.36. The van der Waals surface area contributed by atoms with Gasteiger partial charge in [0.2, 0.25) is 11.8 Å². The predicted molar refractivity (Wildman–Crippen MR) is 133 cm³/mol. The molecule has 1 fully saturated rings. The Labute approximate surface area is 216 Å². The van der Waals surface area contributed by atoms with E-state index < -0.39 is 23.2 Å². The van der Waals surface area contributed by atoms with Gasteiger partial charge in [-0.05, 0) is 39.8 Å². The van der Waals surface area contributed by atoms with Crippen molar-refractivity contribution in [2.45, 2.75) is 39.3 Å². The number of aromatic amines is 1. The molecule has 0 spiro atoms. The molecule has 1 aromatic carbocycles. The van der Waals surface area contributed by atoms with E-state index in [-0.39, 0.29) is 46.2 Å². The number of hydrogen-bond acceptors (Lipinski definition) is 8. The minimum Gasteiger partial charge on any atom is -0.434 e. The maximum atomic E-state index is 13.8. The summed E-state index contributed by atoms with van der Waals surface area (Å²) in [6.07, 6.45) is 3.79. The second-order valence-corrected chi connectivity index (χ2v) is 9.52. The number of piperazine rings is 1. The highest BCUT2D eigenvalue weighted by Gasteiger charge is 2.40. The Hall–Kier alpha value is -4.26. The zero-order valence-corrected chi connectivity index (χ0v) is 21.3. The molecule has 3 heterocycles. The summed E-state index contributed by atoms with van der Waals surface area (Å²) < 4.78 is 32.1. The van der Waals surface area contributed by atoms with Crippen LogP contribution in [-0.2, 0) is 4.79 Å². The lowest BCUT2D eigenvalue weighted by Crippen LogP contribution is -2.63. The summed E-state index contributed by atoms with van der Waals surface area (Å²) in [5.74, 6) is -2.32. The third-order valence-electron chi connectivity index (χ3n) is 6.27. The molecule has 2 aromatic heterocycles. The maximum absolute atomic E-state index is 13.8. The second-order valence-electron chi connectivity index (χ2n) is 9.52. The van der Waals surface area contributed by atoms with Crippen LogP contribution >= 0.6 is 0 Å². The van der Waals surface area contributed by atoms with E-state index in [9.17, 15) is 23.2 Å². The van der Waals surface area contributed by atoms with Crippen LogP contribution in [0.1, 0.15) is 37.0 Å². The van der Waals surface area contributed by atoms with Crippen molar-refractivity contribution >= 4 is 17.6 Å². The Morgan fingerprint density at radius 2 is 1.95 bits per heavy atom. The van der Waals surface area contributed by atoms with E-state index >= 15 is 0 Å². The number of hydrogen-bond donors (Lipinski definition) is 2. The van der Waals surface area contributed by atoms with Gasteiger partial charge in [-0.25, -0.2) is 23.7 Å². The summed E-state index contributed by atoms with van der Waals surface area (Å²) in [6.45, 7) is 8.29. The quantitative estimate of drug-likeness (QED) is 0.500. The van der Waals surface area contributed by atoms with Crippen molar-refractivity contribution in [2.75, 3.05) is 25.0 Å². The van der Waals surface area contributed by atoms with Gasteiger partial charge in [-0.1, -0.05) is 0 Å². The zero-order valence-electron chi connectivity index (χ0n) is 21.3. The van der Waals surface area contributed by atoms with Crippen LogP contribution < -0.4 is 15.6 Å². The summed E-state index contributed by atoms with van der Waals surface area (Å²) >= 11 is 0. The van der Waals surface area contributed by atoms with Gasteiger partial charge in [-0.15, -0.1) is 0 Å². The van der Waals surface area contributed by atoms with Gasteiger partial charge in [0.05, 0.1) is 24.0 Å². The number of ether oxygens (including phenoxy) is 1. The number of aromatic nitrogens is 4. The first-order valence-electron chi connectivity index (χ1n) is 11.8. The molecule has 1 aliphatic rings. The van der Waals surface area contributed by atoms with Crippen molar-refractivity contribution in [3.05, 3.63) is 70.2 Å². The normalized spacial score (nSPS) is 16.1. The van der Waals surface area contributed by atoms with Crippen molar-refractivity contribution < 1.29 is 23.1 Å². The van der Waals surface area contributed by atoms with Crippen LogP contribution in [0.4, 0.5) is 14.6 Å². The number of nitrogens with zero attached hydrogens (tertiary/aromatic N) is 5. The zero-order chi connectivity index (χ0) is 27.6. The molecular weight excluding hydrogens is 500 g/mol. The van der Waals surface area contributed by atoms with Crippen LogP contribution in [-0.4, -0.2) is 72.8 Å². The summed E-state index contributed by atoms with van der Waals surface area (Å²) in [5.41, 5.74) is -0.603. The molecule has 0 saturated carbocycles. The third kappa shape index (κ3) is 5.83. The number of H-pyrrole nitrogens is 1. The maximum Gasteiger partial charge on any atom is 0.274 e. The largest absolute Gasteiger partial charge is 0.434 e. The first kappa shape index (κ1) is 26.8. The van der Waals surface area contributed by atoms with Gasteiger partial charge in [0.25, 0.3) is 11.5 Å². The summed E-state index contributed by atoms with van der Waals surface area (Å²) in [5, 5.41) is 2.69. The molecule has 1 aliphatic heterocycles. The lowest BCUT2D eigenvalue weighted by atomic mass is 9.97. The van der Waals surface area contributed by atoms with E-state index in [1.54, 1.807) is 11.8 Å². The van der Waals surface area contributed by atoms with E-state index in [0.29, 0.717) is 25.7 Å². The molecular formula is C25H27F2N7O4. The van der Waals surface area contributed by atoms with Gasteiger partial charge in [0.1, 0.15) is 17.2 Å². The number of carbonyl (C=O) groups excluding carboxylic acids is 2. The Morgan fingerprint density at radius 1 is 1.18 bits per heavy atom. The van der Waals surface area contributed by atoms with E-state index in [0.717, 1.165) is 12.1 Å². The monoisotopic (exact) mass is 527 g/mol. The van der Waals surface area contributed by atoms with Crippen molar-refractivity contribution in [1.29, 1.82) is 0 Å². The molecule has 0 unspecified atom stereocenters. The molecule has 0 aliphatic carbocycles. The van der Waals surface area contributed by atoms with Crippen LogP contribution in [0, 0.1) is 18.6 Å². The van der Waals surface area contributed by atoms with Gasteiger partial charge in [-0.3, -0.25) is 19.3 Å². The first-order chi connectivity index (χ1) is 17.9. The van der Waals surface area contributed by atoms with Crippen molar-refractivity contribution in [2.24, 2.45) is 0 Å². The second kappa shape index (κ2) is 10.6. The average Bonchev–Trinajstić information content (AvgIpc) is 2.87. The number of benzene rings is 1. The van der Waals surface area contributed by atoms with Crippen molar-refractivity contribution in [3.8, 4) is 11.6 Å². The Morgan fingerprint density at radius 3 is 2.58 bits per heavy atom. The smallest absolute Gasteiger partial charge is 0.274 e. The van der Waals surface area contributed by atoms with Gasteiger partial charge in [0, 0.05) is 31.9 Å². The lowest BCUT2D eigenvalue weighted by Gasteiger charge is -2.48. The lowest BCUT2D eigenvalue weighted by molar-refractivity contribution is -0.122. The first-order valence-corrected chi connectivity index (χ1v) is 11.8. The Bertz CT molecular complexity index is 1410. The summed E-state index contributed by atoms with van der Waals surface area (Å²) in [6, 6.07) is 2.33. The molecule has 200 valence electrons. The van der Waals surface area contributed by atoms with Crippen LogP contribution in [0.15, 0.2) is 41.6 Å². The van der Waals surface area contributed by atoms with Crippen LogP contribution in [0.2, 0.25) is 0 Å². The number of rotatable bonds is 6. The van der Waals surface area contributed by atoms with Gasteiger partial charge < -0.3 is 19.9 Å². The number of nitrogens with one attached hydrogen (secondary N) is 2. The van der Waals surface area contributed by atoms with Gasteiger partial charge >= 0.3 is 0 Å². The minimum absolute atomic E-state index is 0.0312. The molecule has 2 amide bonds. The molecule has 1 saturated heterocycles. The highest BCUT2D eigenvalue weighted by molar-refractivity contribution is 5.94. The molecule has 11 nitrogen and oxygen atoms in total. The van der Waals surface area contributed by atoms with E-state index in [1.165, 1.54) is 25.5 Å². The third-order valence-corrected chi connectivity index (χ3v) is 6.27. The number of carbonyl (C=O) groups is 2. The summed E-state index contributed by atoms with van der Waals surface area (Å²) in [4.78, 5) is 56.0. The Kier molecular flexibility index (Phi) is 7.49. The number of aryl methyl sites for hydroxylation is 1. The minimum atomic E-state index is -0.882.